The molecule has 2 amide bonds. The molecule has 0 aromatic rings. The Morgan fingerprint density at radius 1 is 1.09 bits per heavy atom. The maximum Gasteiger partial charge on any atom is 0.315 e. The Labute approximate surface area is 137 Å². The first kappa shape index (κ1) is 17.6. The Bertz CT molecular complexity index is 378. The predicted molar refractivity (Wildman–Crippen MR) is 91.1 cm³/mol. The van der Waals surface area contributed by atoms with E-state index >= 15 is 0 Å². The molecule has 0 unspecified atom stereocenters. The van der Waals surface area contributed by atoms with Crippen LogP contribution >= 0.6 is 11.8 Å². The lowest BCUT2D eigenvalue weighted by Crippen LogP contribution is -2.36. The smallest absolute Gasteiger partial charge is 0.315 e. The fraction of sp³-hybridized carbons (Fsp3) is 0.875. The van der Waals surface area contributed by atoms with Gasteiger partial charge in [-0.15, -0.1) is 0 Å². The van der Waals surface area contributed by atoms with E-state index in [1.54, 1.807) is 0 Å². The van der Waals surface area contributed by atoms with Gasteiger partial charge in [0.2, 0.25) is 0 Å². The number of nitrogens with two attached hydrogens (primary N) is 1. The molecule has 2 rings (SSSR count). The van der Waals surface area contributed by atoms with E-state index in [9.17, 15) is 9.59 Å². The Kier molecular flexibility index (Phi) is 7.52. The molecule has 22 heavy (non-hydrogen) atoms. The second-order valence-electron chi connectivity index (χ2n) is 6.36. The highest BCUT2D eigenvalue weighted by Crippen LogP contribution is 2.33. The molecule has 0 bridgehead atoms. The Morgan fingerprint density at radius 3 is 2.59 bits per heavy atom. The fourth-order valence-electron chi connectivity index (χ4n) is 3.26. The molecule has 4 N–H and O–H groups in total. The zero-order chi connectivity index (χ0) is 15.8. The number of rotatable bonds is 11. The van der Waals surface area contributed by atoms with E-state index in [1.807, 2.05) is 11.8 Å². The van der Waals surface area contributed by atoms with Gasteiger partial charge < -0.3 is 16.4 Å². The molecular weight excluding hydrogens is 298 g/mol. The molecule has 126 valence electrons. The van der Waals surface area contributed by atoms with Crippen LogP contribution in [0.1, 0.15) is 57.8 Å². The summed E-state index contributed by atoms with van der Waals surface area (Å²) in [6.07, 6.45) is 8.95. The van der Waals surface area contributed by atoms with Crippen LogP contribution in [-0.4, -0.2) is 41.4 Å². The van der Waals surface area contributed by atoms with E-state index in [4.69, 9.17) is 5.73 Å². The standard InChI is InChI=1S/C16H29N3O2S/c17-10-6-2-1-3-7-12(20)8-4-5-9-14-15-13(11-22-14)18-16(21)19-15/h13-15H,1-11,17H2,(H2,18,19,21)/t13-,14-,15-/m0/s1. The molecule has 5 nitrogen and oxygen atoms in total. The molecule has 0 saturated carbocycles. The lowest BCUT2D eigenvalue weighted by Gasteiger charge is -2.16. The third kappa shape index (κ3) is 5.47. The molecule has 2 aliphatic heterocycles. The van der Waals surface area contributed by atoms with E-state index < -0.39 is 0 Å². The van der Waals surface area contributed by atoms with Gasteiger partial charge in [-0.1, -0.05) is 19.3 Å². The molecule has 3 atom stereocenters. The molecule has 2 fully saturated rings. The second-order valence-corrected chi connectivity index (χ2v) is 7.63. The maximum atomic E-state index is 11.8. The van der Waals surface area contributed by atoms with E-state index in [1.165, 1.54) is 0 Å². The molecule has 0 spiro atoms. The van der Waals surface area contributed by atoms with Crippen molar-refractivity contribution in [2.75, 3.05) is 12.3 Å². The molecular formula is C16H29N3O2S. The summed E-state index contributed by atoms with van der Waals surface area (Å²) in [6.45, 7) is 0.755. The molecule has 2 saturated heterocycles. The summed E-state index contributed by atoms with van der Waals surface area (Å²) in [5, 5.41) is 6.48. The Hall–Kier alpha value is -0.750. The van der Waals surface area contributed by atoms with E-state index in [-0.39, 0.29) is 12.1 Å². The first-order valence-corrected chi connectivity index (χ1v) is 9.66. The lowest BCUT2D eigenvalue weighted by molar-refractivity contribution is -0.119. The number of amides is 2. The first-order chi connectivity index (χ1) is 10.7. The van der Waals surface area contributed by atoms with Crippen LogP contribution in [0.15, 0.2) is 0 Å². The number of hydrogen-bond acceptors (Lipinski definition) is 4. The first-order valence-electron chi connectivity index (χ1n) is 8.61. The number of hydrogen-bond donors (Lipinski definition) is 3. The average Bonchev–Trinajstić information content (AvgIpc) is 3.03. The van der Waals surface area contributed by atoms with Crippen molar-refractivity contribution in [3.8, 4) is 0 Å². The van der Waals surface area contributed by atoms with Gasteiger partial charge in [0.05, 0.1) is 12.1 Å². The zero-order valence-corrected chi connectivity index (χ0v) is 14.1. The summed E-state index contributed by atoms with van der Waals surface area (Å²) in [5.74, 6) is 1.41. The normalized spacial score (nSPS) is 26.6. The number of carbonyl (C=O) groups is 2. The van der Waals surface area contributed by atoms with Crippen LogP contribution in [-0.2, 0) is 4.79 Å². The van der Waals surface area contributed by atoms with Crippen molar-refractivity contribution in [2.24, 2.45) is 5.73 Å². The number of ketones is 1. The van der Waals surface area contributed by atoms with Gasteiger partial charge in [0.1, 0.15) is 5.78 Å². The van der Waals surface area contributed by atoms with E-state index in [0.717, 1.165) is 63.7 Å². The quantitative estimate of drug-likeness (QED) is 0.401. The third-order valence-corrected chi connectivity index (χ3v) is 6.05. The van der Waals surface area contributed by atoms with Crippen LogP contribution in [0.2, 0.25) is 0 Å². The number of Topliss-reactive ketones (excluding diaryl/α,β-unsaturated/α-hetero) is 1. The summed E-state index contributed by atoms with van der Waals surface area (Å²) in [6, 6.07) is 0.568. The van der Waals surface area contributed by atoms with Gasteiger partial charge in [-0.2, -0.15) is 11.8 Å². The summed E-state index contributed by atoms with van der Waals surface area (Å²) in [7, 11) is 0. The van der Waals surface area contributed by atoms with Crippen LogP contribution in [0, 0.1) is 0 Å². The van der Waals surface area contributed by atoms with Crippen LogP contribution in [0.4, 0.5) is 4.79 Å². The van der Waals surface area contributed by atoms with Gasteiger partial charge in [-0.25, -0.2) is 4.79 Å². The molecule has 6 heteroatoms. The van der Waals surface area contributed by atoms with Crippen molar-refractivity contribution < 1.29 is 9.59 Å². The second kappa shape index (κ2) is 9.40. The monoisotopic (exact) mass is 327 g/mol. The van der Waals surface area contributed by atoms with Crippen molar-refractivity contribution in [3.63, 3.8) is 0 Å². The number of urea groups is 1. The van der Waals surface area contributed by atoms with Crippen LogP contribution in [0.3, 0.4) is 0 Å². The minimum Gasteiger partial charge on any atom is -0.332 e. The third-order valence-electron chi connectivity index (χ3n) is 4.54. The number of thioether (sulfide) groups is 1. The van der Waals surface area contributed by atoms with Gasteiger partial charge in [0.15, 0.2) is 0 Å². The van der Waals surface area contributed by atoms with Crippen molar-refractivity contribution in [3.05, 3.63) is 0 Å². The van der Waals surface area contributed by atoms with E-state index in [0.29, 0.717) is 23.5 Å². The van der Waals surface area contributed by atoms with Gasteiger partial charge in [0, 0.05) is 23.8 Å². The van der Waals surface area contributed by atoms with Gasteiger partial charge in [0.25, 0.3) is 0 Å². The van der Waals surface area contributed by atoms with E-state index in [2.05, 4.69) is 10.6 Å². The molecule has 2 heterocycles. The Balaban J connectivity index is 1.49. The highest BCUT2D eigenvalue weighted by atomic mass is 32.2. The van der Waals surface area contributed by atoms with Crippen LogP contribution < -0.4 is 16.4 Å². The summed E-state index contributed by atoms with van der Waals surface area (Å²) in [4.78, 5) is 23.1. The maximum absolute atomic E-state index is 11.8. The topological polar surface area (TPSA) is 84.2 Å². The number of fused-ring (bicyclic) bond motifs is 1. The van der Waals surface area contributed by atoms with Gasteiger partial charge >= 0.3 is 6.03 Å². The summed E-state index contributed by atoms with van der Waals surface area (Å²) >= 11 is 1.94. The summed E-state index contributed by atoms with van der Waals surface area (Å²) in [5.41, 5.74) is 5.45. The molecule has 0 aromatic carbocycles. The summed E-state index contributed by atoms with van der Waals surface area (Å²) < 4.78 is 0. The molecule has 0 aromatic heterocycles. The number of carbonyl (C=O) groups excluding carboxylic acids is 2. The number of nitrogens with one attached hydrogen (secondary N) is 2. The molecule has 0 aliphatic carbocycles. The highest BCUT2D eigenvalue weighted by Gasteiger charge is 2.42. The van der Waals surface area contributed by atoms with Crippen molar-refractivity contribution in [1.29, 1.82) is 0 Å². The van der Waals surface area contributed by atoms with Crippen LogP contribution in [0.25, 0.3) is 0 Å². The van der Waals surface area contributed by atoms with Crippen molar-refractivity contribution >= 4 is 23.6 Å². The fourth-order valence-corrected chi connectivity index (χ4v) is 4.80. The zero-order valence-electron chi connectivity index (χ0n) is 13.3. The van der Waals surface area contributed by atoms with Crippen molar-refractivity contribution in [1.82, 2.24) is 10.6 Å². The van der Waals surface area contributed by atoms with Crippen molar-refractivity contribution in [2.45, 2.75) is 75.1 Å². The lowest BCUT2D eigenvalue weighted by atomic mass is 10.0. The minimum absolute atomic E-state index is 0.0230. The Morgan fingerprint density at radius 2 is 1.82 bits per heavy atom. The molecule has 2 aliphatic rings. The minimum atomic E-state index is -0.0230. The highest BCUT2D eigenvalue weighted by molar-refractivity contribution is 8.00. The average molecular weight is 327 g/mol. The van der Waals surface area contributed by atoms with Crippen LogP contribution in [0.5, 0.6) is 0 Å². The SMILES string of the molecule is NCCCCCCC(=O)CCCC[C@@H]1SC[C@@H]2NC(=O)N[C@@H]21. The predicted octanol–water partition coefficient (Wildman–Crippen LogP) is 2.19. The van der Waals surface area contributed by atoms with Gasteiger partial charge in [-0.05, 0) is 32.2 Å². The number of unbranched alkanes of at least 4 members (excludes halogenated alkanes) is 4. The molecule has 0 radical (unpaired) electrons. The largest absolute Gasteiger partial charge is 0.332 e. The van der Waals surface area contributed by atoms with Gasteiger partial charge in [-0.3, -0.25) is 4.79 Å².